The van der Waals surface area contributed by atoms with E-state index in [1.807, 2.05) is 13.8 Å². The first kappa shape index (κ1) is 29.3. The molecule has 0 aliphatic rings. The molecular weight excluding hydrogens is 420 g/mol. The Labute approximate surface area is 188 Å². The molecule has 0 radical (unpaired) electrons. The van der Waals surface area contributed by atoms with Crippen molar-refractivity contribution in [2.75, 3.05) is 6.54 Å². The van der Waals surface area contributed by atoms with Crippen LogP contribution in [0.5, 0.6) is 0 Å². The molecule has 0 heterocycles. The number of rotatable bonds is 16. The lowest BCUT2D eigenvalue weighted by Gasteiger charge is -2.23. The molecule has 12 nitrogen and oxygen atoms in total. The quantitative estimate of drug-likeness (QED) is 0.132. The van der Waals surface area contributed by atoms with Crippen molar-refractivity contribution in [1.29, 1.82) is 0 Å². The molecule has 0 spiro atoms. The Kier molecular flexibility index (Phi) is 13.8. The first-order valence-electron chi connectivity index (χ1n) is 10.8. The molecule has 10 N–H and O–H groups in total. The number of nitrogens with two attached hydrogens (primary N) is 3. The molecule has 0 aromatic carbocycles. The summed E-state index contributed by atoms with van der Waals surface area (Å²) in [5.74, 6) is -3.67. The molecule has 184 valence electrons. The van der Waals surface area contributed by atoms with Crippen LogP contribution in [0.4, 0.5) is 0 Å². The topological polar surface area (TPSA) is 220 Å². The highest BCUT2D eigenvalue weighted by molar-refractivity contribution is 5.94. The Balaban J connectivity index is 5.07. The highest BCUT2D eigenvalue weighted by Gasteiger charge is 2.28. The molecule has 0 aliphatic heterocycles. The third kappa shape index (κ3) is 12.2. The van der Waals surface area contributed by atoms with E-state index < -0.39 is 53.8 Å². The summed E-state index contributed by atoms with van der Waals surface area (Å²) in [5, 5.41) is 16.6. The molecule has 0 aliphatic carbocycles. The summed E-state index contributed by atoms with van der Waals surface area (Å²) in [6, 6.07) is -4.18. The van der Waals surface area contributed by atoms with Gasteiger partial charge in [0, 0.05) is 6.42 Å². The third-order valence-corrected chi connectivity index (χ3v) is 4.69. The summed E-state index contributed by atoms with van der Waals surface area (Å²) < 4.78 is 0. The van der Waals surface area contributed by atoms with Gasteiger partial charge < -0.3 is 38.3 Å². The van der Waals surface area contributed by atoms with Crippen LogP contribution < -0.4 is 33.2 Å². The Morgan fingerprint density at radius 3 is 1.94 bits per heavy atom. The predicted octanol–water partition coefficient (Wildman–Crippen LogP) is -1.69. The van der Waals surface area contributed by atoms with Crippen LogP contribution in [-0.2, 0) is 24.0 Å². The number of carbonyl (C=O) groups excluding carboxylic acids is 4. The summed E-state index contributed by atoms with van der Waals surface area (Å²) in [6.07, 6.45) is 1.49. The second kappa shape index (κ2) is 15.1. The minimum absolute atomic E-state index is 0.0769. The van der Waals surface area contributed by atoms with Gasteiger partial charge in [0.2, 0.25) is 23.6 Å². The molecular formula is C20H38N6O6. The van der Waals surface area contributed by atoms with Crippen molar-refractivity contribution in [2.24, 2.45) is 23.1 Å². The van der Waals surface area contributed by atoms with Crippen LogP contribution in [0.1, 0.15) is 59.3 Å². The maximum Gasteiger partial charge on any atom is 0.326 e. The van der Waals surface area contributed by atoms with E-state index in [9.17, 15) is 29.1 Å². The van der Waals surface area contributed by atoms with Crippen LogP contribution in [0, 0.1) is 5.92 Å². The smallest absolute Gasteiger partial charge is 0.326 e. The zero-order valence-electron chi connectivity index (χ0n) is 19.1. The van der Waals surface area contributed by atoms with E-state index >= 15 is 0 Å². The van der Waals surface area contributed by atoms with Crippen molar-refractivity contribution in [2.45, 2.75) is 83.5 Å². The van der Waals surface area contributed by atoms with Crippen LogP contribution >= 0.6 is 0 Å². The van der Waals surface area contributed by atoms with Gasteiger partial charge in [-0.25, -0.2) is 4.79 Å². The largest absolute Gasteiger partial charge is 0.480 e. The van der Waals surface area contributed by atoms with Gasteiger partial charge in [-0.1, -0.05) is 13.8 Å². The van der Waals surface area contributed by atoms with E-state index in [4.69, 9.17) is 17.2 Å². The molecule has 4 amide bonds. The summed E-state index contributed by atoms with van der Waals surface area (Å²) in [5.41, 5.74) is 16.4. The monoisotopic (exact) mass is 458 g/mol. The molecule has 0 bridgehead atoms. The van der Waals surface area contributed by atoms with Crippen LogP contribution in [0.2, 0.25) is 0 Å². The van der Waals surface area contributed by atoms with E-state index in [-0.39, 0.29) is 25.2 Å². The molecule has 4 unspecified atom stereocenters. The van der Waals surface area contributed by atoms with Crippen molar-refractivity contribution in [3.8, 4) is 0 Å². The molecule has 0 aromatic heterocycles. The highest BCUT2D eigenvalue weighted by Crippen LogP contribution is 2.05. The normalized spacial score (nSPS) is 14.7. The Morgan fingerprint density at radius 1 is 0.844 bits per heavy atom. The molecule has 0 saturated heterocycles. The molecule has 32 heavy (non-hydrogen) atoms. The zero-order chi connectivity index (χ0) is 24.8. The van der Waals surface area contributed by atoms with Crippen molar-refractivity contribution in [3.05, 3.63) is 0 Å². The van der Waals surface area contributed by atoms with Crippen LogP contribution in [-0.4, -0.2) is 65.4 Å². The SMILES string of the molecule is CC(C)CC(N)C(=O)NC(CCC(N)=O)C(=O)NC(C)C(=O)NC(CCCCN)C(=O)O. The summed E-state index contributed by atoms with van der Waals surface area (Å²) in [6.45, 7) is 5.58. The van der Waals surface area contributed by atoms with Gasteiger partial charge in [-0.3, -0.25) is 19.2 Å². The van der Waals surface area contributed by atoms with Gasteiger partial charge in [0.05, 0.1) is 6.04 Å². The van der Waals surface area contributed by atoms with Gasteiger partial charge in [-0.05, 0) is 51.5 Å². The Morgan fingerprint density at radius 2 is 1.44 bits per heavy atom. The second-order valence-electron chi connectivity index (χ2n) is 8.22. The number of unbranched alkanes of at least 4 members (excludes halogenated alkanes) is 1. The number of carbonyl (C=O) groups is 5. The van der Waals surface area contributed by atoms with Crippen LogP contribution in [0.15, 0.2) is 0 Å². The maximum atomic E-state index is 12.7. The number of hydrogen-bond donors (Lipinski definition) is 7. The number of carboxylic acid groups (broad SMARTS) is 1. The van der Waals surface area contributed by atoms with Crippen LogP contribution in [0.3, 0.4) is 0 Å². The summed E-state index contributed by atoms with van der Waals surface area (Å²) in [4.78, 5) is 59.8. The average molecular weight is 459 g/mol. The molecule has 0 fully saturated rings. The van der Waals surface area contributed by atoms with E-state index in [1.165, 1.54) is 6.92 Å². The number of hydrogen-bond acceptors (Lipinski definition) is 7. The minimum atomic E-state index is -1.19. The van der Waals surface area contributed by atoms with Gasteiger partial charge in [-0.2, -0.15) is 0 Å². The lowest BCUT2D eigenvalue weighted by atomic mass is 10.0. The van der Waals surface area contributed by atoms with Crippen molar-refractivity contribution < 1.29 is 29.1 Å². The first-order valence-corrected chi connectivity index (χ1v) is 10.8. The van der Waals surface area contributed by atoms with Gasteiger partial charge in [0.25, 0.3) is 0 Å². The third-order valence-electron chi connectivity index (χ3n) is 4.69. The van der Waals surface area contributed by atoms with Gasteiger partial charge in [-0.15, -0.1) is 0 Å². The summed E-state index contributed by atoms with van der Waals surface area (Å²) in [7, 11) is 0. The molecule has 0 rings (SSSR count). The molecule has 0 aromatic rings. The predicted molar refractivity (Wildman–Crippen MR) is 118 cm³/mol. The Bertz CT molecular complexity index is 656. The number of nitrogens with one attached hydrogen (secondary N) is 3. The van der Waals surface area contributed by atoms with Gasteiger partial charge in [0.1, 0.15) is 18.1 Å². The lowest BCUT2D eigenvalue weighted by Crippen LogP contribution is -2.56. The fourth-order valence-electron chi connectivity index (χ4n) is 2.88. The van der Waals surface area contributed by atoms with Crippen molar-refractivity contribution >= 4 is 29.6 Å². The second-order valence-corrected chi connectivity index (χ2v) is 8.22. The number of primary amides is 1. The van der Waals surface area contributed by atoms with E-state index in [0.29, 0.717) is 25.8 Å². The Hall–Kier alpha value is -2.73. The highest BCUT2D eigenvalue weighted by atomic mass is 16.4. The lowest BCUT2D eigenvalue weighted by molar-refractivity contribution is -0.142. The maximum absolute atomic E-state index is 12.7. The molecule has 12 heteroatoms. The minimum Gasteiger partial charge on any atom is -0.480 e. The van der Waals surface area contributed by atoms with E-state index in [2.05, 4.69) is 16.0 Å². The molecule has 0 saturated carbocycles. The van der Waals surface area contributed by atoms with Gasteiger partial charge in [0.15, 0.2) is 0 Å². The number of aliphatic carboxylic acids is 1. The molecule has 4 atom stereocenters. The zero-order valence-corrected chi connectivity index (χ0v) is 19.1. The summed E-state index contributed by atoms with van der Waals surface area (Å²) >= 11 is 0. The van der Waals surface area contributed by atoms with Crippen molar-refractivity contribution in [1.82, 2.24) is 16.0 Å². The van der Waals surface area contributed by atoms with Crippen LogP contribution in [0.25, 0.3) is 0 Å². The van der Waals surface area contributed by atoms with Crippen molar-refractivity contribution in [3.63, 3.8) is 0 Å². The van der Waals surface area contributed by atoms with E-state index in [0.717, 1.165) is 0 Å². The number of amides is 4. The number of carboxylic acids is 1. The van der Waals surface area contributed by atoms with E-state index in [1.54, 1.807) is 0 Å². The first-order chi connectivity index (χ1) is 14.9. The fraction of sp³-hybridized carbons (Fsp3) is 0.750. The average Bonchev–Trinajstić information content (AvgIpc) is 2.68. The standard InChI is InChI=1S/C20H38N6O6/c1-11(2)10-13(22)18(29)25-14(7-8-16(23)27)19(30)24-12(3)17(28)26-15(20(31)32)6-4-5-9-21/h11-15H,4-10,21-22H2,1-3H3,(H2,23,27)(H,24,30)(H,25,29)(H,26,28)(H,31,32). The fourth-order valence-corrected chi connectivity index (χ4v) is 2.88. The van der Waals surface area contributed by atoms with Gasteiger partial charge >= 0.3 is 5.97 Å².